The van der Waals surface area contributed by atoms with Gasteiger partial charge in [-0.1, -0.05) is 71.4 Å². The molecule has 0 amide bonds. The van der Waals surface area contributed by atoms with E-state index in [0.29, 0.717) is 0 Å². The molecule has 4 rings (SSSR count). The Kier molecular flexibility index (Phi) is 7.58. The summed E-state index contributed by atoms with van der Waals surface area (Å²) in [6.07, 6.45) is 0. The monoisotopic (exact) mass is 450 g/mol. The number of hydrogen-bond acceptors (Lipinski definition) is 5. The van der Waals surface area contributed by atoms with Crippen LogP contribution in [0.15, 0.2) is 103 Å². The minimum Gasteiger partial charge on any atom is -0.222 e. The van der Waals surface area contributed by atoms with E-state index in [-0.39, 0.29) is 0 Å². The second-order valence-electron chi connectivity index (χ2n) is 7.15. The van der Waals surface area contributed by atoms with Gasteiger partial charge in [-0.15, -0.1) is 10.2 Å². The minimum absolute atomic E-state index is 1.17. The van der Waals surface area contributed by atoms with Crippen LogP contribution in [0.25, 0.3) is 33.6 Å². The number of hydrogen-bond donors (Lipinski definition) is 0. The number of nitrogens with zero attached hydrogens (tertiary/aromatic N) is 2. The van der Waals surface area contributed by atoms with E-state index in [1.165, 1.54) is 33.6 Å². The summed E-state index contributed by atoms with van der Waals surface area (Å²) in [5.74, 6) is 0. The Labute approximate surface area is 189 Å². The molecule has 4 aromatic rings. The highest BCUT2D eigenvalue weighted by Crippen LogP contribution is 2.28. The van der Waals surface area contributed by atoms with Crippen molar-refractivity contribution in [1.29, 1.82) is 0 Å². The Hall–Kier alpha value is -3.26. The predicted molar refractivity (Wildman–Crippen MR) is 113 cm³/mol. The summed E-state index contributed by atoms with van der Waals surface area (Å²) in [7, 11) is -0.776. The van der Waals surface area contributed by atoms with E-state index in [2.05, 4.69) is 127 Å². The third kappa shape index (κ3) is 6.37. The van der Waals surface area contributed by atoms with Gasteiger partial charge in [0.1, 0.15) is 0 Å². The zero-order valence-electron chi connectivity index (χ0n) is 17.7. The molecular weight excluding hydrogens is 428 g/mol. The summed E-state index contributed by atoms with van der Waals surface area (Å²) in [6.45, 7) is 0. The SMILES string of the molecule is CN(C)[n+]1c(-c2ccccc2)cc(-c2ccccc2)cc1-c1ccccc1.[O-][Cl+3]([O-])([O-])[O-]. The van der Waals surface area contributed by atoms with Crippen molar-refractivity contribution in [1.82, 2.24) is 0 Å². The van der Waals surface area contributed by atoms with Crippen molar-refractivity contribution in [2.45, 2.75) is 0 Å². The van der Waals surface area contributed by atoms with Crippen LogP contribution in [0.2, 0.25) is 0 Å². The Balaban J connectivity index is 0.000000523. The molecule has 0 saturated heterocycles. The van der Waals surface area contributed by atoms with Gasteiger partial charge in [-0.3, -0.25) is 0 Å². The summed E-state index contributed by atoms with van der Waals surface area (Å²) < 4.78 is 36.2. The Morgan fingerprint density at radius 1 is 0.531 bits per heavy atom. The van der Waals surface area contributed by atoms with E-state index >= 15 is 0 Å². The normalized spacial score (nSPS) is 10.8. The zero-order valence-corrected chi connectivity index (χ0v) is 18.5. The molecular formula is C25H23ClN2O4. The molecule has 0 radical (unpaired) electrons. The molecule has 0 aliphatic heterocycles. The van der Waals surface area contributed by atoms with Gasteiger partial charge < -0.3 is 0 Å². The summed E-state index contributed by atoms with van der Waals surface area (Å²) >= 11 is 0. The molecule has 0 aliphatic rings. The van der Waals surface area contributed by atoms with Crippen LogP contribution in [0.5, 0.6) is 0 Å². The van der Waals surface area contributed by atoms with Crippen molar-refractivity contribution in [3.8, 4) is 33.6 Å². The summed E-state index contributed by atoms with van der Waals surface area (Å²) in [5.41, 5.74) is 7.16. The first-order chi connectivity index (χ1) is 15.2. The lowest BCUT2D eigenvalue weighted by Crippen LogP contribution is -2.68. The topological polar surface area (TPSA) is 99.4 Å². The third-order valence-corrected chi connectivity index (χ3v) is 4.69. The van der Waals surface area contributed by atoms with Gasteiger partial charge in [-0.25, -0.2) is 18.6 Å². The number of pyridine rings is 1. The summed E-state index contributed by atoms with van der Waals surface area (Å²) in [4.78, 5) is 0. The maximum atomic E-state index is 8.49. The van der Waals surface area contributed by atoms with Crippen LogP contribution < -0.4 is 28.3 Å². The first-order valence-corrected chi connectivity index (χ1v) is 11.0. The quantitative estimate of drug-likeness (QED) is 0.419. The van der Waals surface area contributed by atoms with Gasteiger partial charge in [0.05, 0.1) is 14.1 Å². The van der Waals surface area contributed by atoms with Crippen molar-refractivity contribution >= 4 is 0 Å². The lowest BCUT2D eigenvalue weighted by atomic mass is 9.99. The van der Waals surface area contributed by atoms with Crippen LogP contribution in [0.1, 0.15) is 0 Å². The lowest BCUT2D eigenvalue weighted by Gasteiger charge is -2.17. The number of halogens is 1. The highest BCUT2D eigenvalue weighted by Gasteiger charge is 2.24. The summed E-state index contributed by atoms with van der Waals surface area (Å²) in [5, 5.41) is 2.14. The van der Waals surface area contributed by atoms with Crippen LogP contribution >= 0.6 is 0 Å². The van der Waals surface area contributed by atoms with Crippen LogP contribution in [0.3, 0.4) is 0 Å². The van der Waals surface area contributed by atoms with E-state index in [0.717, 1.165) is 0 Å². The molecule has 6 nitrogen and oxygen atoms in total. The van der Waals surface area contributed by atoms with E-state index in [4.69, 9.17) is 18.6 Å². The van der Waals surface area contributed by atoms with Gasteiger partial charge in [0.15, 0.2) is 0 Å². The number of aromatic nitrogens is 1. The van der Waals surface area contributed by atoms with E-state index in [9.17, 15) is 0 Å². The fraction of sp³-hybridized carbons (Fsp3) is 0.0800. The molecule has 32 heavy (non-hydrogen) atoms. The zero-order chi connectivity index (χ0) is 23.1. The summed E-state index contributed by atoms with van der Waals surface area (Å²) in [6, 6.07) is 36.3. The van der Waals surface area contributed by atoms with Gasteiger partial charge in [0.2, 0.25) is 11.4 Å². The molecule has 0 fully saturated rings. The largest absolute Gasteiger partial charge is 0.243 e. The molecule has 0 saturated carbocycles. The van der Waals surface area contributed by atoms with Gasteiger partial charge in [0.25, 0.3) is 0 Å². The van der Waals surface area contributed by atoms with Crippen molar-refractivity contribution in [3.63, 3.8) is 0 Å². The smallest absolute Gasteiger partial charge is 0.222 e. The maximum Gasteiger partial charge on any atom is 0.243 e. The predicted octanol–water partition coefficient (Wildman–Crippen LogP) is 0.417. The standard InChI is InChI=1S/C25H23N2.ClHO4/c1-26(2)27-24(21-14-8-4-9-15-21)18-23(20-12-6-3-7-13-20)19-25(27)22-16-10-5-11-17-22;2-1(3,4)5/h3-19H,1-2H3;(H,2,3,4,5)/q+1;/p-1. The Bertz CT molecular complexity index is 1070. The van der Waals surface area contributed by atoms with Crippen LogP contribution in [-0.2, 0) is 0 Å². The molecule has 0 spiro atoms. The van der Waals surface area contributed by atoms with Gasteiger partial charge in [0, 0.05) is 23.3 Å². The van der Waals surface area contributed by atoms with E-state index in [1.54, 1.807) is 0 Å². The average Bonchev–Trinajstić information content (AvgIpc) is 2.79. The van der Waals surface area contributed by atoms with E-state index < -0.39 is 10.2 Å². The molecule has 0 unspecified atom stereocenters. The van der Waals surface area contributed by atoms with Gasteiger partial charge in [-0.2, -0.15) is 5.01 Å². The fourth-order valence-corrected chi connectivity index (χ4v) is 3.45. The average molecular weight is 451 g/mol. The fourth-order valence-electron chi connectivity index (χ4n) is 3.45. The van der Waals surface area contributed by atoms with Crippen molar-refractivity contribution in [3.05, 3.63) is 103 Å². The van der Waals surface area contributed by atoms with Crippen molar-refractivity contribution in [2.24, 2.45) is 0 Å². The molecule has 0 bridgehead atoms. The maximum absolute atomic E-state index is 8.49. The minimum atomic E-state index is -4.94. The molecule has 3 aromatic carbocycles. The van der Waals surface area contributed by atoms with Crippen LogP contribution in [-0.4, -0.2) is 14.1 Å². The van der Waals surface area contributed by atoms with Crippen LogP contribution in [0, 0.1) is 10.2 Å². The molecule has 164 valence electrons. The first kappa shape index (κ1) is 23.4. The highest BCUT2D eigenvalue weighted by atomic mass is 35.7. The first-order valence-electron chi connectivity index (χ1n) is 9.80. The highest BCUT2D eigenvalue weighted by molar-refractivity contribution is 5.73. The third-order valence-electron chi connectivity index (χ3n) is 4.69. The second kappa shape index (κ2) is 10.4. The molecule has 0 N–H and O–H groups in total. The van der Waals surface area contributed by atoms with Crippen molar-refractivity contribution in [2.75, 3.05) is 19.1 Å². The molecule has 1 aromatic heterocycles. The molecule has 1 heterocycles. The second-order valence-corrected chi connectivity index (χ2v) is 7.91. The van der Waals surface area contributed by atoms with Crippen molar-refractivity contribution < 1.29 is 33.6 Å². The van der Waals surface area contributed by atoms with Gasteiger partial charge >= 0.3 is 0 Å². The van der Waals surface area contributed by atoms with E-state index in [1.807, 2.05) is 0 Å². The van der Waals surface area contributed by atoms with Gasteiger partial charge in [-0.05, 0) is 35.4 Å². The Morgan fingerprint density at radius 3 is 1.16 bits per heavy atom. The molecule has 7 heteroatoms. The number of rotatable bonds is 4. The Morgan fingerprint density at radius 2 is 0.844 bits per heavy atom. The number of benzene rings is 3. The van der Waals surface area contributed by atoms with Crippen LogP contribution in [0.4, 0.5) is 0 Å². The lowest BCUT2D eigenvalue weighted by molar-refractivity contribution is -2.00. The molecule has 0 aliphatic carbocycles. The molecule has 0 atom stereocenters.